The van der Waals surface area contributed by atoms with Crippen LogP contribution in [0.2, 0.25) is 0 Å². The molecular formula is C26H21N3OS2. The highest BCUT2D eigenvalue weighted by Gasteiger charge is 2.14. The highest BCUT2D eigenvalue weighted by Crippen LogP contribution is 2.35. The number of ether oxygens (including phenoxy) is 1. The smallest absolute Gasteiger partial charge is 0.124 e. The molecule has 158 valence electrons. The van der Waals surface area contributed by atoms with Crippen LogP contribution in [0.15, 0.2) is 83.9 Å². The van der Waals surface area contributed by atoms with Gasteiger partial charge in [0.25, 0.3) is 0 Å². The van der Waals surface area contributed by atoms with Crippen molar-refractivity contribution < 1.29 is 4.74 Å². The average Bonchev–Trinajstić information content (AvgIpc) is 3.24. The van der Waals surface area contributed by atoms with Crippen LogP contribution >= 0.6 is 23.1 Å². The van der Waals surface area contributed by atoms with Gasteiger partial charge in [0, 0.05) is 11.3 Å². The van der Waals surface area contributed by atoms with Crippen LogP contribution in [0.1, 0.15) is 11.3 Å². The Morgan fingerprint density at radius 1 is 0.906 bits per heavy atom. The number of fused-ring (bicyclic) bond motifs is 1. The third-order valence-corrected chi connectivity index (χ3v) is 7.44. The Labute approximate surface area is 195 Å². The number of benzene rings is 3. The summed E-state index contributed by atoms with van der Waals surface area (Å²) in [6, 6.07) is 27.0. The van der Waals surface area contributed by atoms with Crippen molar-refractivity contribution in [3.05, 3.63) is 90.1 Å². The van der Waals surface area contributed by atoms with E-state index in [1.807, 2.05) is 43.3 Å². The highest BCUT2D eigenvalue weighted by molar-refractivity contribution is 7.98. The van der Waals surface area contributed by atoms with Gasteiger partial charge in [-0.3, -0.25) is 0 Å². The van der Waals surface area contributed by atoms with Crippen molar-refractivity contribution in [1.29, 1.82) is 0 Å². The molecule has 0 aliphatic carbocycles. The summed E-state index contributed by atoms with van der Waals surface area (Å²) < 4.78 is 5.34. The molecule has 0 saturated carbocycles. The predicted octanol–water partition coefficient (Wildman–Crippen LogP) is 7.03. The minimum Gasteiger partial charge on any atom is -0.497 e. The number of methoxy groups -OCH3 is 1. The van der Waals surface area contributed by atoms with Crippen LogP contribution < -0.4 is 4.74 Å². The topological polar surface area (TPSA) is 47.9 Å². The highest BCUT2D eigenvalue weighted by atomic mass is 32.2. The number of nitrogens with zero attached hydrogens (tertiary/aromatic N) is 3. The summed E-state index contributed by atoms with van der Waals surface area (Å²) in [7, 11) is 1.67. The first-order chi connectivity index (χ1) is 15.7. The van der Waals surface area contributed by atoms with Gasteiger partial charge in [0.1, 0.15) is 21.5 Å². The third kappa shape index (κ3) is 4.24. The number of aryl methyl sites for hydroxylation is 1. The van der Waals surface area contributed by atoms with E-state index in [4.69, 9.17) is 9.72 Å². The first-order valence-corrected chi connectivity index (χ1v) is 12.1. The monoisotopic (exact) mass is 455 g/mol. The molecule has 5 aromatic rings. The zero-order chi connectivity index (χ0) is 21.9. The van der Waals surface area contributed by atoms with Gasteiger partial charge in [0.05, 0.1) is 17.7 Å². The summed E-state index contributed by atoms with van der Waals surface area (Å²) in [6.45, 7) is 2.01. The summed E-state index contributed by atoms with van der Waals surface area (Å²) >= 11 is 3.33. The van der Waals surface area contributed by atoms with Crippen molar-refractivity contribution >= 4 is 33.9 Å². The summed E-state index contributed by atoms with van der Waals surface area (Å²) in [5.74, 6) is 1.68. The van der Waals surface area contributed by atoms with Gasteiger partial charge in [-0.25, -0.2) is 4.98 Å². The van der Waals surface area contributed by atoms with E-state index in [1.54, 1.807) is 30.2 Å². The van der Waals surface area contributed by atoms with Crippen molar-refractivity contribution in [1.82, 2.24) is 15.2 Å². The third-order valence-electron chi connectivity index (χ3n) is 5.24. The number of thioether (sulfide) groups is 1. The molecule has 0 saturated heterocycles. The molecule has 5 rings (SSSR count). The fourth-order valence-corrected chi connectivity index (χ4v) is 5.45. The second kappa shape index (κ2) is 9.10. The maximum Gasteiger partial charge on any atom is 0.124 e. The molecule has 32 heavy (non-hydrogen) atoms. The second-order valence-corrected chi connectivity index (χ2v) is 9.34. The van der Waals surface area contributed by atoms with Gasteiger partial charge in [0.2, 0.25) is 0 Å². The first-order valence-electron chi connectivity index (χ1n) is 10.3. The molecule has 0 bridgehead atoms. The normalized spacial score (nSPS) is 11.1. The average molecular weight is 456 g/mol. The lowest BCUT2D eigenvalue weighted by Gasteiger charge is -2.06. The van der Waals surface area contributed by atoms with Crippen molar-refractivity contribution in [2.45, 2.75) is 17.7 Å². The Balaban J connectivity index is 1.34. The lowest BCUT2D eigenvalue weighted by Crippen LogP contribution is -1.90. The molecule has 0 unspecified atom stereocenters. The van der Waals surface area contributed by atoms with E-state index in [2.05, 4.69) is 52.7 Å². The number of rotatable bonds is 6. The quantitative estimate of drug-likeness (QED) is 0.257. The SMILES string of the molecule is COc1cccc(-c2nc(C)c(-c3ccc(SCc4cccc5ccccc45)nn3)s2)c1. The number of hydrogen-bond acceptors (Lipinski definition) is 6. The van der Waals surface area contributed by atoms with E-state index in [-0.39, 0.29) is 0 Å². The number of hydrogen-bond donors (Lipinski definition) is 0. The van der Waals surface area contributed by atoms with Crippen LogP contribution in [0.5, 0.6) is 5.75 Å². The van der Waals surface area contributed by atoms with Gasteiger partial charge in [-0.15, -0.1) is 21.5 Å². The van der Waals surface area contributed by atoms with Gasteiger partial charge in [0.15, 0.2) is 0 Å². The molecule has 4 nitrogen and oxygen atoms in total. The van der Waals surface area contributed by atoms with E-state index in [0.717, 1.165) is 43.4 Å². The van der Waals surface area contributed by atoms with Gasteiger partial charge in [-0.05, 0) is 47.5 Å². The molecule has 0 atom stereocenters. The maximum absolute atomic E-state index is 5.34. The molecule has 0 spiro atoms. The van der Waals surface area contributed by atoms with E-state index in [1.165, 1.54) is 16.3 Å². The molecule has 0 aliphatic rings. The van der Waals surface area contributed by atoms with Crippen molar-refractivity contribution in [2.24, 2.45) is 0 Å². The molecule has 2 aromatic heterocycles. The molecule has 0 amide bonds. The summed E-state index contributed by atoms with van der Waals surface area (Å²) in [5, 5.41) is 13.4. The van der Waals surface area contributed by atoms with Gasteiger partial charge in [-0.2, -0.15) is 0 Å². The van der Waals surface area contributed by atoms with Crippen LogP contribution in [0.4, 0.5) is 0 Å². The van der Waals surface area contributed by atoms with Crippen LogP contribution in [-0.4, -0.2) is 22.3 Å². The molecular weight excluding hydrogens is 434 g/mol. The zero-order valence-corrected chi connectivity index (χ0v) is 19.4. The van der Waals surface area contributed by atoms with E-state index in [9.17, 15) is 0 Å². The van der Waals surface area contributed by atoms with Gasteiger partial charge >= 0.3 is 0 Å². The van der Waals surface area contributed by atoms with Crippen LogP contribution in [-0.2, 0) is 5.75 Å². The van der Waals surface area contributed by atoms with Crippen molar-refractivity contribution in [3.8, 4) is 26.9 Å². The van der Waals surface area contributed by atoms with Crippen LogP contribution in [0, 0.1) is 6.92 Å². The Kier molecular flexibility index (Phi) is 5.88. The fraction of sp³-hybridized carbons (Fsp3) is 0.115. The molecule has 0 N–H and O–H groups in total. The zero-order valence-electron chi connectivity index (χ0n) is 17.8. The van der Waals surface area contributed by atoms with Crippen molar-refractivity contribution in [3.63, 3.8) is 0 Å². The maximum atomic E-state index is 5.34. The molecule has 0 radical (unpaired) electrons. The Morgan fingerprint density at radius 3 is 2.59 bits per heavy atom. The van der Waals surface area contributed by atoms with E-state index >= 15 is 0 Å². The van der Waals surface area contributed by atoms with Gasteiger partial charge in [-0.1, -0.05) is 66.4 Å². The van der Waals surface area contributed by atoms with Crippen LogP contribution in [0.3, 0.4) is 0 Å². The molecule has 0 fully saturated rings. The number of aromatic nitrogens is 3. The van der Waals surface area contributed by atoms with E-state index < -0.39 is 0 Å². The molecule has 3 aromatic carbocycles. The molecule has 6 heteroatoms. The fourth-order valence-electron chi connectivity index (χ4n) is 3.60. The molecule has 2 heterocycles. The first kappa shape index (κ1) is 20.7. The Bertz CT molecular complexity index is 1370. The van der Waals surface area contributed by atoms with Crippen molar-refractivity contribution in [2.75, 3.05) is 7.11 Å². The van der Waals surface area contributed by atoms with Crippen LogP contribution in [0.25, 0.3) is 31.9 Å². The minimum absolute atomic E-state index is 0.823. The predicted molar refractivity (Wildman–Crippen MR) is 133 cm³/mol. The Hall–Kier alpha value is -3.22. The van der Waals surface area contributed by atoms with E-state index in [0.29, 0.717) is 0 Å². The summed E-state index contributed by atoms with van der Waals surface area (Å²) in [5.41, 5.74) is 4.15. The summed E-state index contributed by atoms with van der Waals surface area (Å²) in [6.07, 6.45) is 0. The second-order valence-electron chi connectivity index (χ2n) is 7.35. The number of thiazole rings is 1. The summed E-state index contributed by atoms with van der Waals surface area (Å²) in [4.78, 5) is 5.79. The molecule has 0 aliphatic heterocycles. The standard InChI is InChI=1S/C26H21N3OS2/c1-17-25(32-26(27-17)19-9-6-11-21(15-19)30-2)23-13-14-24(29-28-23)31-16-20-10-5-8-18-7-3-4-12-22(18)20/h3-15H,16H2,1-2H3. The lowest BCUT2D eigenvalue weighted by atomic mass is 10.1. The lowest BCUT2D eigenvalue weighted by molar-refractivity contribution is 0.415. The Morgan fingerprint density at radius 2 is 1.75 bits per heavy atom. The minimum atomic E-state index is 0.823. The van der Waals surface area contributed by atoms with Gasteiger partial charge < -0.3 is 4.74 Å². The largest absolute Gasteiger partial charge is 0.497 e.